The summed E-state index contributed by atoms with van der Waals surface area (Å²) < 4.78 is 0. The number of fused-ring (bicyclic) bond motifs is 1. The van der Waals surface area contributed by atoms with Crippen LogP contribution in [0.5, 0.6) is 0 Å². The van der Waals surface area contributed by atoms with E-state index in [0.29, 0.717) is 5.69 Å². The molecule has 0 atom stereocenters. The van der Waals surface area contributed by atoms with Crippen molar-refractivity contribution < 1.29 is 0 Å². The van der Waals surface area contributed by atoms with E-state index in [9.17, 15) is 0 Å². The number of hydrogen-bond acceptors (Lipinski definition) is 2. The van der Waals surface area contributed by atoms with Crippen LogP contribution in [0, 0.1) is 18.3 Å². The van der Waals surface area contributed by atoms with Crippen molar-refractivity contribution in [3.05, 3.63) is 41.7 Å². The Labute approximate surface area is 76.5 Å². The van der Waals surface area contributed by atoms with E-state index in [1.165, 1.54) is 5.56 Å². The minimum absolute atomic E-state index is 0.474. The summed E-state index contributed by atoms with van der Waals surface area (Å²) in [4.78, 5) is 4.01. The third-order valence-electron chi connectivity index (χ3n) is 2.10. The molecule has 0 N–H and O–H groups in total. The van der Waals surface area contributed by atoms with Crippen LogP contribution in [0.1, 0.15) is 11.3 Å². The van der Waals surface area contributed by atoms with E-state index in [1.807, 2.05) is 37.3 Å². The first-order chi connectivity index (χ1) is 6.31. The monoisotopic (exact) mass is 168 g/mol. The zero-order valence-electron chi connectivity index (χ0n) is 7.28. The predicted octanol–water partition coefficient (Wildman–Crippen LogP) is 2.41. The number of aromatic nitrogens is 1. The fraction of sp³-hybridized carbons (Fsp3) is 0.0909. The van der Waals surface area contributed by atoms with Gasteiger partial charge in [0.2, 0.25) is 0 Å². The normalized spacial score (nSPS) is 9.85. The molecule has 13 heavy (non-hydrogen) atoms. The molecular formula is C11H8N2. The Hall–Kier alpha value is -1.88. The molecule has 0 aliphatic heterocycles. The topological polar surface area (TPSA) is 36.7 Å². The molecule has 0 spiro atoms. The molecule has 1 heterocycles. The highest BCUT2D eigenvalue weighted by molar-refractivity contribution is 5.85. The van der Waals surface area contributed by atoms with Crippen molar-refractivity contribution >= 4 is 10.8 Å². The molecule has 0 fully saturated rings. The molecule has 2 nitrogen and oxygen atoms in total. The maximum absolute atomic E-state index is 8.68. The van der Waals surface area contributed by atoms with Gasteiger partial charge in [-0.25, -0.2) is 4.98 Å². The lowest BCUT2D eigenvalue weighted by atomic mass is 10.1. The molecule has 62 valence electrons. The minimum atomic E-state index is 0.474. The average Bonchev–Trinajstić information content (AvgIpc) is 2.18. The highest BCUT2D eigenvalue weighted by Gasteiger charge is 1.98. The number of nitriles is 1. The summed E-state index contributed by atoms with van der Waals surface area (Å²) in [6.45, 7) is 2.03. The number of pyridine rings is 1. The highest BCUT2D eigenvalue weighted by Crippen LogP contribution is 2.17. The van der Waals surface area contributed by atoms with E-state index in [-0.39, 0.29) is 0 Å². The summed E-state index contributed by atoms with van der Waals surface area (Å²) in [6, 6.07) is 9.88. The van der Waals surface area contributed by atoms with Gasteiger partial charge >= 0.3 is 0 Å². The number of benzene rings is 1. The molecule has 0 bridgehead atoms. The highest BCUT2D eigenvalue weighted by atomic mass is 14.7. The molecule has 0 unspecified atom stereocenters. The first-order valence-electron chi connectivity index (χ1n) is 4.07. The minimum Gasteiger partial charge on any atom is -0.245 e. The van der Waals surface area contributed by atoms with Crippen molar-refractivity contribution in [3.8, 4) is 6.07 Å². The molecule has 1 aromatic carbocycles. The van der Waals surface area contributed by atoms with Crippen molar-refractivity contribution in [2.24, 2.45) is 0 Å². The summed E-state index contributed by atoms with van der Waals surface area (Å²) in [6.07, 6.45) is 1.74. The largest absolute Gasteiger partial charge is 0.245 e. The van der Waals surface area contributed by atoms with Gasteiger partial charge in [0, 0.05) is 11.6 Å². The van der Waals surface area contributed by atoms with Gasteiger partial charge in [-0.3, -0.25) is 0 Å². The summed E-state index contributed by atoms with van der Waals surface area (Å²) in [5, 5.41) is 10.9. The van der Waals surface area contributed by atoms with Gasteiger partial charge in [0.1, 0.15) is 11.8 Å². The van der Waals surface area contributed by atoms with Gasteiger partial charge in [-0.1, -0.05) is 18.2 Å². The van der Waals surface area contributed by atoms with Crippen LogP contribution in [0.3, 0.4) is 0 Å². The molecule has 0 radical (unpaired) electrons. The Morgan fingerprint density at radius 1 is 1.38 bits per heavy atom. The molecule has 0 saturated heterocycles. The smallest absolute Gasteiger partial charge is 0.141 e. The SMILES string of the molecule is Cc1cccc2cnc(C#N)cc12. The third kappa shape index (κ3) is 1.25. The van der Waals surface area contributed by atoms with Crippen molar-refractivity contribution in [1.82, 2.24) is 4.98 Å². The molecule has 1 aromatic heterocycles. The van der Waals surface area contributed by atoms with E-state index in [0.717, 1.165) is 10.8 Å². The van der Waals surface area contributed by atoms with Crippen molar-refractivity contribution in [2.75, 3.05) is 0 Å². The van der Waals surface area contributed by atoms with Crippen LogP contribution >= 0.6 is 0 Å². The fourth-order valence-corrected chi connectivity index (χ4v) is 1.39. The lowest BCUT2D eigenvalue weighted by Crippen LogP contribution is -1.84. The Balaban J connectivity index is 2.84. The molecular weight excluding hydrogens is 160 g/mol. The quantitative estimate of drug-likeness (QED) is 0.605. The number of rotatable bonds is 0. The van der Waals surface area contributed by atoms with Gasteiger partial charge in [0.15, 0.2) is 0 Å². The van der Waals surface area contributed by atoms with Crippen LogP contribution in [0.15, 0.2) is 30.5 Å². The second kappa shape index (κ2) is 2.87. The van der Waals surface area contributed by atoms with Gasteiger partial charge in [-0.15, -0.1) is 0 Å². The third-order valence-corrected chi connectivity index (χ3v) is 2.10. The number of aryl methyl sites for hydroxylation is 1. The lowest BCUT2D eigenvalue weighted by molar-refractivity contribution is 1.29. The van der Waals surface area contributed by atoms with Crippen molar-refractivity contribution in [1.29, 1.82) is 5.26 Å². The first-order valence-corrected chi connectivity index (χ1v) is 4.07. The summed E-state index contributed by atoms with van der Waals surface area (Å²) in [5.41, 5.74) is 1.65. The molecule has 0 amide bonds. The second-order valence-corrected chi connectivity index (χ2v) is 2.98. The Morgan fingerprint density at radius 3 is 3.00 bits per heavy atom. The predicted molar refractivity (Wildman–Crippen MR) is 51.2 cm³/mol. The molecule has 2 aromatic rings. The summed E-state index contributed by atoms with van der Waals surface area (Å²) in [5.74, 6) is 0. The Kier molecular flexibility index (Phi) is 1.71. The van der Waals surface area contributed by atoms with Crippen LogP contribution in [-0.2, 0) is 0 Å². The van der Waals surface area contributed by atoms with Gasteiger partial charge in [-0.2, -0.15) is 5.26 Å². The summed E-state index contributed by atoms with van der Waals surface area (Å²) in [7, 11) is 0. The Morgan fingerprint density at radius 2 is 2.23 bits per heavy atom. The molecule has 2 heteroatoms. The van der Waals surface area contributed by atoms with E-state index in [2.05, 4.69) is 4.98 Å². The van der Waals surface area contributed by atoms with Gasteiger partial charge < -0.3 is 0 Å². The van der Waals surface area contributed by atoms with Crippen molar-refractivity contribution in [2.45, 2.75) is 6.92 Å². The van der Waals surface area contributed by atoms with E-state index in [1.54, 1.807) is 6.20 Å². The van der Waals surface area contributed by atoms with E-state index < -0.39 is 0 Å². The zero-order chi connectivity index (χ0) is 9.26. The maximum Gasteiger partial charge on any atom is 0.141 e. The van der Waals surface area contributed by atoms with E-state index >= 15 is 0 Å². The van der Waals surface area contributed by atoms with Gasteiger partial charge in [-0.05, 0) is 23.9 Å². The molecule has 0 saturated carbocycles. The average molecular weight is 168 g/mol. The standard InChI is InChI=1S/C11H8N2/c1-8-3-2-4-9-7-13-10(6-12)5-11(8)9/h2-5,7H,1H3. The van der Waals surface area contributed by atoms with Gasteiger partial charge in [0.05, 0.1) is 0 Å². The van der Waals surface area contributed by atoms with Crippen LogP contribution in [0.4, 0.5) is 0 Å². The van der Waals surface area contributed by atoms with Crippen LogP contribution < -0.4 is 0 Å². The number of nitrogens with zero attached hydrogens (tertiary/aromatic N) is 2. The molecule has 0 aliphatic carbocycles. The zero-order valence-corrected chi connectivity index (χ0v) is 7.28. The van der Waals surface area contributed by atoms with Crippen LogP contribution in [-0.4, -0.2) is 4.98 Å². The van der Waals surface area contributed by atoms with Crippen LogP contribution in [0.2, 0.25) is 0 Å². The summed E-state index contributed by atoms with van der Waals surface area (Å²) >= 11 is 0. The first kappa shape index (κ1) is 7.75. The van der Waals surface area contributed by atoms with Gasteiger partial charge in [0.25, 0.3) is 0 Å². The molecule has 2 rings (SSSR count). The lowest BCUT2D eigenvalue weighted by Gasteiger charge is -2.00. The fourth-order valence-electron chi connectivity index (χ4n) is 1.39. The maximum atomic E-state index is 8.68. The second-order valence-electron chi connectivity index (χ2n) is 2.98. The molecule has 0 aliphatic rings. The van der Waals surface area contributed by atoms with Crippen molar-refractivity contribution in [3.63, 3.8) is 0 Å². The Bertz CT molecular complexity index is 495. The van der Waals surface area contributed by atoms with Crippen LogP contribution in [0.25, 0.3) is 10.8 Å². The number of hydrogen-bond donors (Lipinski definition) is 0. The van der Waals surface area contributed by atoms with E-state index in [4.69, 9.17) is 5.26 Å².